The van der Waals surface area contributed by atoms with Gasteiger partial charge >= 0.3 is 5.91 Å². The summed E-state index contributed by atoms with van der Waals surface area (Å²) in [7, 11) is 0. The average Bonchev–Trinajstić information content (AvgIpc) is 3.37. The zero-order valence-corrected chi connectivity index (χ0v) is 19.9. The quantitative estimate of drug-likeness (QED) is 0.200. The minimum absolute atomic E-state index is 0.0769. The van der Waals surface area contributed by atoms with Crippen LogP contribution >= 0.6 is 22.9 Å². The maximum Gasteiger partial charge on any atom is 0.301 e. The van der Waals surface area contributed by atoms with E-state index in [9.17, 15) is 19.1 Å². The van der Waals surface area contributed by atoms with Gasteiger partial charge in [-0.15, -0.1) is 0 Å². The minimum atomic E-state index is -0.954. The third-order valence-electron chi connectivity index (χ3n) is 5.61. The summed E-state index contributed by atoms with van der Waals surface area (Å²) in [5.74, 6) is -1.82. The van der Waals surface area contributed by atoms with Gasteiger partial charge in [-0.25, -0.2) is 9.37 Å². The first-order valence-electron chi connectivity index (χ1n) is 10.7. The highest BCUT2D eigenvalue weighted by molar-refractivity contribution is 7.22. The van der Waals surface area contributed by atoms with Gasteiger partial charge in [-0.05, 0) is 67.1 Å². The standard InChI is InChI=1S/C26H18ClFN2O4S/c1-2-34-18-10-5-15(6-11-18)23(31)21-22(14-3-7-16(27)8-4-14)30(25(33)24(21)32)26-29-19-12-9-17(28)13-20(19)35-26/h3-13,22,31H,2H2,1H3. The summed E-state index contributed by atoms with van der Waals surface area (Å²) in [5, 5.41) is 11.9. The molecule has 1 aliphatic heterocycles. The van der Waals surface area contributed by atoms with Crippen molar-refractivity contribution >= 4 is 55.7 Å². The van der Waals surface area contributed by atoms with E-state index in [4.69, 9.17) is 16.3 Å². The smallest absolute Gasteiger partial charge is 0.301 e. The van der Waals surface area contributed by atoms with Crippen molar-refractivity contribution in [3.63, 3.8) is 0 Å². The van der Waals surface area contributed by atoms with E-state index in [0.29, 0.717) is 38.7 Å². The van der Waals surface area contributed by atoms with Crippen LogP contribution in [0.2, 0.25) is 5.02 Å². The molecule has 35 heavy (non-hydrogen) atoms. The normalized spacial score (nSPS) is 17.3. The molecular weight excluding hydrogens is 491 g/mol. The van der Waals surface area contributed by atoms with Crippen molar-refractivity contribution < 1.29 is 23.8 Å². The monoisotopic (exact) mass is 508 g/mol. The molecule has 1 aliphatic rings. The molecule has 1 aromatic heterocycles. The molecule has 0 radical (unpaired) electrons. The first-order valence-corrected chi connectivity index (χ1v) is 11.9. The van der Waals surface area contributed by atoms with Crippen LogP contribution in [0.5, 0.6) is 5.75 Å². The predicted octanol–water partition coefficient (Wildman–Crippen LogP) is 6.11. The fourth-order valence-corrected chi connectivity index (χ4v) is 5.15. The Morgan fingerprint density at radius 3 is 2.51 bits per heavy atom. The Labute approximate surface area is 208 Å². The molecule has 6 nitrogen and oxygen atoms in total. The van der Waals surface area contributed by atoms with Crippen molar-refractivity contribution in [2.24, 2.45) is 0 Å². The lowest BCUT2D eigenvalue weighted by Crippen LogP contribution is -2.29. The fraction of sp³-hybridized carbons (Fsp3) is 0.115. The number of halogens is 2. The largest absolute Gasteiger partial charge is 0.507 e. The third-order valence-corrected chi connectivity index (χ3v) is 6.88. The Morgan fingerprint density at radius 1 is 1.11 bits per heavy atom. The molecule has 0 spiro atoms. The van der Waals surface area contributed by atoms with E-state index in [1.807, 2.05) is 6.92 Å². The van der Waals surface area contributed by atoms with E-state index in [2.05, 4.69) is 4.98 Å². The number of carbonyl (C=O) groups excluding carboxylic acids is 2. The average molecular weight is 509 g/mol. The molecule has 1 N–H and O–H groups in total. The number of carbonyl (C=O) groups is 2. The first-order chi connectivity index (χ1) is 16.9. The maximum absolute atomic E-state index is 13.8. The number of Topliss-reactive ketones (excluding diaryl/α,β-unsaturated/α-hetero) is 1. The second-order valence-electron chi connectivity index (χ2n) is 7.79. The van der Waals surface area contributed by atoms with Crippen molar-refractivity contribution in [2.75, 3.05) is 11.5 Å². The molecule has 9 heteroatoms. The molecule has 176 valence electrons. The van der Waals surface area contributed by atoms with Gasteiger partial charge in [0.15, 0.2) is 5.13 Å². The van der Waals surface area contributed by atoms with Gasteiger partial charge in [0.05, 0.1) is 28.4 Å². The summed E-state index contributed by atoms with van der Waals surface area (Å²) in [6.07, 6.45) is 0. The number of ketones is 1. The molecule has 1 amide bonds. The van der Waals surface area contributed by atoms with Crippen molar-refractivity contribution in [1.82, 2.24) is 4.98 Å². The summed E-state index contributed by atoms with van der Waals surface area (Å²) in [6, 6.07) is 16.4. The number of benzene rings is 3. The van der Waals surface area contributed by atoms with Crippen LogP contribution in [0.25, 0.3) is 16.0 Å². The van der Waals surface area contributed by atoms with Crippen LogP contribution < -0.4 is 9.64 Å². The van der Waals surface area contributed by atoms with Gasteiger partial charge in [0, 0.05) is 10.6 Å². The van der Waals surface area contributed by atoms with E-state index in [1.54, 1.807) is 48.5 Å². The Hall–Kier alpha value is -3.75. The number of ether oxygens (including phenoxy) is 1. The lowest BCUT2D eigenvalue weighted by Gasteiger charge is -2.23. The van der Waals surface area contributed by atoms with Gasteiger partial charge < -0.3 is 9.84 Å². The predicted molar refractivity (Wildman–Crippen MR) is 133 cm³/mol. The van der Waals surface area contributed by atoms with Crippen LogP contribution in [0.15, 0.2) is 72.3 Å². The highest BCUT2D eigenvalue weighted by atomic mass is 35.5. The van der Waals surface area contributed by atoms with E-state index in [1.165, 1.54) is 23.1 Å². The number of aromatic nitrogens is 1. The van der Waals surface area contributed by atoms with Gasteiger partial charge in [-0.2, -0.15) is 0 Å². The molecule has 0 saturated carbocycles. The molecule has 1 saturated heterocycles. The van der Waals surface area contributed by atoms with Crippen molar-refractivity contribution in [2.45, 2.75) is 13.0 Å². The SMILES string of the molecule is CCOc1ccc(C(O)=C2C(=O)C(=O)N(c3nc4ccc(F)cc4s3)C2c2ccc(Cl)cc2)cc1. The summed E-state index contributed by atoms with van der Waals surface area (Å²) in [4.78, 5) is 32.2. The van der Waals surface area contributed by atoms with E-state index < -0.39 is 23.5 Å². The van der Waals surface area contributed by atoms with Crippen LogP contribution in [0, 0.1) is 5.82 Å². The topological polar surface area (TPSA) is 79.7 Å². The van der Waals surface area contributed by atoms with Crippen LogP contribution in [-0.4, -0.2) is 28.4 Å². The van der Waals surface area contributed by atoms with Crippen molar-refractivity contribution in [1.29, 1.82) is 0 Å². The van der Waals surface area contributed by atoms with Crippen LogP contribution in [0.1, 0.15) is 24.1 Å². The van der Waals surface area contributed by atoms with E-state index in [0.717, 1.165) is 11.3 Å². The fourth-order valence-electron chi connectivity index (χ4n) is 4.01. The first kappa shape index (κ1) is 23.0. The number of nitrogens with zero attached hydrogens (tertiary/aromatic N) is 2. The minimum Gasteiger partial charge on any atom is -0.507 e. The maximum atomic E-state index is 13.8. The van der Waals surface area contributed by atoms with Crippen molar-refractivity contribution in [3.8, 4) is 5.75 Å². The summed E-state index contributed by atoms with van der Waals surface area (Å²) < 4.78 is 19.7. The summed E-state index contributed by atoms with van der Waals surface area (Å²) in [6.45, 7) is 2.34. The number of hydrogen-bond acceptors (Lipinski definition) is 6. The molecule has 1 fully saturated rings. The highest BCUT2D eigenvalue weighted by Crippen LogP contribution is 2.44. The van der Waals surface area contributed by atoms with Crippen LogP contribution in [-0.2, 0) is 9.59 Å². The van der Waals surface area contributed by atoms with E-state index >= 15 is 0 Å². The second-order valence-corrected chi connectivity index (χ2v) is 9.23. The summed E-state index contributed by atoms with van der Waals surface area (Å²) >= 11 is 7.15. The Balaban J connectivity index is 1.68. The lowest BCUT2D eigenvalue weighted by atomic mass is 9.95. The van der Waals surface area contributed by atoms with Gasteiger partial charge in [-0.1, -0.05) is 35.1 Å². The molecule has 4 aromatic rings. The number of aliphatic hydroxyl groups is 1. The second kappa shape index (κ2) is 9.13. The highest BCUT2D eigenvalue weighted by Gasteiger charge is 2.48. The number of aliphatic hydroxyl groups excluding tert-OH is 1. The molecule has 0 aliphatic carbocycles. The number of amides is 1. The van der Waals surface area contributed by atoms with Gasteiger partial charge in [0.1, 0.15) is 17.3 Å². The molecule has 1 unspecified atom stereocenters. The number of rotatable bonds is 5. The molecule has 2 heterocycles. The van der Waals surface area contributed by atoms with Gasteiger partial charge in [0.25, 0.3) is 5.78 Å². The Kier molecular flexibility index (Phi) is 6.00. The Bertz CT molecular complexity index is 1480. The number of fused-ring (bicyclic) bond motifs is 1. The zero-order chi connectivity index (χ0) is 24.7. The summed E-state index contributed by atoms with van der Waals surface area (Å²) in [5.41, 5.74) is 1.34. The van der Waals surface area contributed by atoms with Gasteiger partial charge in [-0.3, -0.25) is 14.5 Å². The van der Waals surface area contributed by atoms with Crippen LogP contribution in [0.3, 0.4) is 0 Å². The lowest BCUT2D eigenvalue weighted by molar-refractivity contribution is -0.132. The number of hydrogen-bond donors (Lipinski definition) is 1. The van der Waals surface area contributed by atoms with Gasteiger partial charge in [0.2, 0.25) is 0 Å². The third kappa shape index (κ3) is 4.15. The molecule has 5 rings (SSSR count). The molecule has 0 bridgehead atoms. The number of thiazole rings is 1. The van der Waals surface area contributed by atoms with Crippen molar-refractivity contribution in [3.05, 3.63) is 94.3 Å². The Morgan fingerprint density at radius 2 is 1.83 bits per heavy atom. The zero-order valence-electron chi connectivity index (χ0n) is 18.4. The molecule has 3 aromatic carbocycles. The number of anilines is 1. The molecule has 1 atom stereocenters. The molecular formula is C26H18ClFN2O4S. The van der Waals surface area contributed by atoms with E-state index in [-0.39, 0.29) is 16.5 Å². The van der Waals surface area contributed by atoms with Crippen LogP contribution in [0.4, 0.5) is 9.52 Å².